The minimum absolute atomic E-state index is 0. The Labute approximate surface area is 217 Å². The Balaban J connectivity index is 0.00000253. The number of halogens is 1. The van der Waals surface area contributed by atoms with Gasteiger partial charge in [0.15, 0.2) is 5.82 Å². The summed E-state index contributed by atoms with van der Waals surface area (Å²) in [4.78, 5) is 5.16. The van der Waals surface area contributed by atoms with Crippen LogP contribution in [0.2, 0.25) is 0 Å². The molecule has 2 fully saturated rings. The van der Waals surface area contributed by atoms with Gasteiger partial charge in [-0.2, -0.15) is 0 Å². The number of piperidine rings is 1. The highest BCUT2D eigenvalue weighted by atomic mass is 35.5. The average molecular weight is 511 g/mol. The second-order valence-electron chi connectivity index (χ2n) is 9.89. The lowest BCUT2D eigenvalue weighted by Gasteiger charge is -2.24. The lowest BCUT2D eigenvalue weighted by atomic mass is 9.83. The van der Waals surface area contributed by atoms with Crippen molar-refractivity contribution in [2.24, 2.45) is 7.05 Å². The van der Waals surface area contributed by atoms with Crippen LogP contribution in [0, 0.1) is 0 Å². The first-order valence-corrected chi connectivity index (χ1v) is 13.7. The van der Waals surface area contributed by atoms with Gasteiger partial charge in [-0.1, -0.05) is 18.6 Å². The molecule has 2 aliphatic rings. The van der Waals surface area contributed by atoms with E-state index < -0.39 is 0 Å². The lowest BCUT2D eigenvalue weighted by Crippen LogP contribution is -2.34. The summed E-state index contributed by atoms with van der Waals surface area (Å²) in [6.07, 6.45) is 10.9. The van der Waals surface area contributed by atoms with Gasteiger partial charge in [0.25, 0.3) is 0 Å². The molecule has 0 radical (unpaired) electrons. The van der Waals surface area contributed by atoms with Crippen molar-refractivity contribution in [3.05, 3.63) is 59.2 Å². The molecule has 0 bridgehead atoms. The zero-order chi connectivity index (χ0) is 22.9. The number of hydrogen-bond donors (Lipinski definition) is 1. The smallest absolute Gasteiger partial charge is 0.157 e. The van der Waals surface area contributed by atoms with Gasteiger partial charge in [0.05, 0.1) is 21.6 Å². The largest absolute Gasteiger partial charge is 0.490 e. The Morgan fingerprint density at radius 2 is 1.97 bits per heavy atom. The van der Waals surface area contributed by atoms with Gasteiger partial charge in [-0.25, -0.2) is 4.98 Å². The molecule has 6 rings (SSSR count). The van der Waals surface area contributed by atoms with Crippen LogP contribution in [0.5, 0.6) is 5.75 Å². The van der Waals surface area contributed by atoms with Gasteiger partial charge in [-0.15, -0.1) is 23.7 Å². The van der Waals surface area contributed by atoms with Gasteiger partial charge < -0.3 is 19.2 Å². The van der Waals surface area contributed by atoms with Crippen LogP contribution in [-0.2, 0) is 20.0 Å². The molecule has 3 aromatic heterocycles. The number of fused-ring (bicyclic) bond motifs is 1. The topological polar surface area (TPSA) is 44.0 Å². The van der Waals surface area contributed by atoms with Crippen LogP contribution in [0.3, 0.4) is 0 Å². The fraction of sp³-hybridized carbons (Fsp3) is 0.464. The van der Waals surface area contributed by atoms with Crippen LogP contribution in [0.15, 0.2) is 48.0 Å². The quantitative estimate of drug-likeness (QED) is 0.292. The number of aryl methyl sites for hydroxylation is 3. The third-order valence-corrected chi connectivity index (χ3v) is 8.42. The van der Waals surface area contributed by atoms with E-state index in [4.69, 9.17) is 9.72 Å². The van der Waals surface area contributed by atoms with E-state index in [0.717, 1.165) is 56.9 Å². The van der Waals surface area contributed by atoms with Gasteiger partial charge in [0.2, 0.25) is 0 Å². The number of ether oxygens (including phenoxy) is 1. The maximum Gasteiger partial charge on any atom is 0.157 e. The predicted octanol–water partition coefficient (Wildman–Crippen LogP) is 6.56. The highest BCUT2D eigenvalue weighted by molar-refractivity contribution is 7.17. The Hall–Kier alpha value is -2.28. The highest BCUT2D eigenvalue weighted by Crippen LogP contribution is 2.38. The molecule has 1 saturated carbocycles. The number of aromatic nitrogens is 3. The van der Waals surface area contributed by atoms with Gasteiger partial charge in [-0.3, -0.25) is 0 Å². The molecule has 4 heterocycles. The summed E-state index contributed by atoms with van der Waals surface area (Å²) in [6.45, 7) is 3.09. The molecule has 1 aliphatic heterocycles. The van der Waals surface area contributed by atoms with Crippen molar-refractivity contribution in [3.63, 3.8) is 0 Å². The van der Waals surface area contributed by atoms with Crippen molar-refractivity contribution in [3.8, 4) is 17.3 Å². The lowest BCUT2D eigenvalue weighted by molar-refractivity contribution is 0.162. The van der Waals surface area contributed by atoms with Crippen LogP contribution in [0.25, 0.3) is 21.7 Å². The van der Waals surface area contributed by atoms with E-state index in [1.807, 2.05) is 11.3 Å². The Bertz CT molecular complexity index is 1270. The first-order valence-electron chi connectivity index (χ1n) is 12.8. The van der Waals surface area contributed by atoms with Crippen LogP contribution in [0.1, 0.15) is 55.7 Å². The fourth-order valence-corrected chi connectivity index (χ4v) is 6.16. The van der Waals surface area contributed by atoms with E-state index in [-0.39, 0.29) is 12.4 Å². The van der Waals surface area contributed by atoms with Gasteiger partial charge in [0, 0.05) is 25.7 Å². The maximum atomic E-state index is 6.26. The van der Waals surface area contributed by atoms with Crippen molar-refractivity contribution in [2.75, 3.05) is 13.1 Å². The first kappa shape index (κ1) is 24.4. The molecule has 35 heavy (non-hydrogen) atoms. The summed E-state index contributed by atoms with van der Waals surface area (Å²) in [5.41, 5.74) is 5.16. The monoisotopic (exact) mass is 510 g/mol. The zero-order valence-corrected chi connectivity index (χ0v) is 22.0. The van der Waals surface area contributed by atoms with E-state index in [9.17, 15) is 0 Å². The minimum atomic E-state index is 0. The normalized spacial score (nSPS) is 16.8. The van der Waals surface area contributed by atoms with E-state index in [1.165, 1.54) is 46.4 Å². The molecule has 0 unspecified atom stereocenters. The Morgan fingerprint density at radius 3 is 2.74 bits per heavy atom. The molecule has 1 N–H and O–H groups in total. The van der Waals surface area contributed by atoms with Crippen molar-refractivity contribution < 1.29 is 4.74 Å². The average Bonchev–Trinajstić information content (AvgIpc) is 3.50. The summed E-state index contributed by atoms with van der Waals surface area (Å²) >= 11 is 1.81. The van der Waals surface area contributed by atoms with Crippen LogP contribution in [0.4, 0.5) is 0 Å². The Kier molecular flexibility index (Phi) is 7.51. The third-order valence-electron chi connectivity index (χ3n) is 7.56. The second-order valence-corrected chi connectivity index (χ2v) is 10.8. The molecular weight excluding hydrogens is 476 g/mol. The summed E-state index contributed by atoms with van der Waals surface area (Å²) < 4.78 is 12.3. The number of hydrogen-bond acceptors (Lipinski definition) is 4. The number of nitrogens with one attached hydrogen (secondary N) is 1. The summed E-state index contributed by atoms with van der Waals surface area (Å²) in [5, 5.41) is 5.58. The van der Waals surface area contributed by atoms with E-state index >= 15 is 0 Å². The number of imidazole rings is 1. The number of rotatable bonds is 8. The molecule has 0 atom stereocenters. The van der Waals surface area contributed by atoms with Crippen molar-refractivity contribution in [1.82, 2.24) is 19.4 Å². The summed E-state index contributed by atoms with van der Waals surface area (Å²) in [5.74, 6) is 2.78. The Morgan fingerprint density at radius 1 is 1.11 bits per heavy atom. The van der Waals surface area contributed by atoms with Crippen LogP contribution in [-0.4, -0.2) is 33.3 Å². The van der Waals surface area contributed by atoms with Gasteiger partial charge in [-0.05, 0) is 86.8 Å². The molecule has 7 heteroatoms. The number of nitrogens with zero attached hydrogens (tertiary/aromatic N) is 3. The van der Waals surface area contributed by atoms with Crippen molar-refractivity contribution in [2.45, 2.75) is 63.5 Å². The SMILES string of the molecule is Cl.Cn1c(-c2nc(C3CCC3)cn2CCCc2cccc(OC3CCNCC3)c2)cc2sccc21. The molecule has 1 saturated heterocycles. The molecule has 4 aromatic rings. The predicted molar refractivity (Wildman–Crippen MR) is 147 cm³/mol. The molecule has 1 aromatic carbocycles. The van der Waals surface area contributed by atoms with E-state index in [1.54, 1.807) is 0 Å². The molecule has 0 amide bonds. The van der Waals surface area contributed by atoms with Gasteiger partial charge in [0.1, 0.15) is 11.9 Å². The molecule has 5 nitrogen and oxygen atoms in total. The minimum Gasteiger partial charge on any atom is -0.490 e. The standard InChI is InChI=1S/C28H34N4OS.ClH/c1-31-25-12-16-34-27(25)18-26(31)28-30-24(21-7-3-8-21)19-32(28)15-4-6-20-5-2-9-23(17-20)33-22-10-13-29-14-11-22;/h2,5,9,12,16-19,21-22,29H,3-4,6-8,10-11,13-15H2,1H3;1H. The molecule has 186 valence electrons. The highest BCUT2D eigenvalue weighted by Gasteiger charge is 2.25. The van der Waals surface area contributed by atoms with Gasteiger partial charge >= 0.3 is 0 Å². The van der Waals surface area contributed by atoms with E-state index in [2.05, 4.69) is 69.5 Å². The maximum absolute atomic E-state index is 6.26. The van der Waals surface area contributed by atoms with Crippen LogP contribution >= 0.6 is 23.7 Å². The fourth-order valence-electron chi connectivity index (χ4n) is 5.31. The summed E-state index contributed by atoms with van der Waals surface area (Å²) in [7, 11) is 2.17. The number of benzene rings is 1. The number of thiophene rings is 1. The molecule has 0 spiro atoms. The van der Waals surface area contributed by atoms with Crippen molar-refractivity contribution >= 4 is 34.0 Å². The first-order chi connectivity index (χ1) is 16.7. The second kappa shape index (κ2) is 10.8. The third kappa shape index (κ3) is 5.16. The summed E-state index contributed by atoms with van der Waals surface area (Å²) in [6, 6.07) is 13.2. The van der Waals surface area contributed by atoms with Crippen LogP contribution < -0.4 is 10.1 Å². The van der Waals surface area contributed by atoms with Crippen molar-refractivity contribution in [1.29, 1.82) is 0 Å². The molecule has 1 aliphatic carbocycles. The van der Waals surface area contributed by atoms with E-state index in [0.29, 0.717) is 12.0 Å². The zero-order valence-electron chi connectivity index (χ0n) is 20.4. The molecular formula is C28H35ClN4OS.